The highest BCUT2D eigenvalue weighted by molar-refractivity contribution is 5.30. The second-order valence-corrected chi connectivity index (χ2v) is 4.30. The summed E-state index contributed by atoms with van der Waals surface area (Å²) in [6.45, 7) is 6.70. The maximum Gasteiger partial charge on any atom is 0.189 e. The van der Waals surface area contributed by atoms with Crippen LogP contribution < -0.4 is 4.74 Å². The van der Waals surface area contributed by atoms with Crippen molar-refractivity contribution in [1.82, 2.24) is 0 Å². The summed E-state index contributed by atoms with van der Waals surface area (Å²) in [6.07, 6.45) is 0. The number of hydrogen-bond acceptors (Lipinski definition) is 2. The normalized spacial score (nSPS) is 24.6. The van der Waals surface area contributed by atoms with Crippen LogP contribution in [0.3, 0.4) is 0 Å². The fraction of sp³-hybridized carbons (Fsp3) is 0.500. The smallest absolute Gasteiger partial charge is 0.189 e. The van der Waals surface area contributed by atoms with Crippen molar-refractivity contribution in [3.63, 3.8) is 0 Å². The molecule has 1 unspecified atom stereocenters. The van der Waals surface area contributed by atoms with Gasteiger partial charge in [-0.05, 0) is 31.5 Å². The number of fused-ring (bicyclic) bond motifs is 6. The van der Waals surface area contributed by atoms with Gasteiger partial charge in [-0.15, -0.1) is 0 Å². The molecule has 0 saturated carbocycles. The first kappa shape index (κ1) is 9.53. The third-order valence-electron chi connectivity index (χ3n) is 3.08. The molecule has 14 heavy (non-hydrogen) atoms. The molecule has 3 rings (SSSR count). The summed E-state index contributed by atoms with van der Waals surface area (Å²) in [4.78, 5) is 0. The molecule has 2 nitrogen and oxygen atoms in total. The summed E-state index contributed by atoms with van der Waals surface area (Å²) in [5, 5.41) is 0. The Balaban J connectivity index is 2.39. The molecule has 1 atom stereocenters. The first-order valence-corrected chi connectivity index (χ1v) is 4.96. The van der Waals surface area contributed by atoms with E-state index in [2.05, 4.69) is 32.9 Å². The quantitative estimate of drug-likeness (QED) is 0.629. The molecule has 2 heteroatoms. The van der Waals surface area contributed by atoms with Crippen molar-refractivity contribution in [3.05, 3.63) is 29.8 Å². The maximum absolute atomic E-state index is 5.70. The Labute approximate surface area is 84.8 Å². The summed E-state index contributed by atoms with van der Waals surface area (Å²) in [6, 6.07) is 8.21. The minimum absolute atomic E-state index is 0.177. The highest BCUT2D eigenvalue weighted by Crippen LogP contribution is 2.33. The van der Waals surface area contributed by atoms with Gasteiger partial charge in [-0.2, -0.15) is 0 Å². The van der Waals surface area contributed by atoms with Gasteiger partial charge in [0.2, 0.25) is 0 Å². The molecule has 2 aliphatic rings. The van der Waals surface area contributed by atoms with Gasteiger partial charge in [0.15, 0.2) is 6.79 Å². The number of benzene rings is 1. The summed E-state index contributed by atoms with van der Waals surface area (Å²) >= 11 is 0. The molecule has 0 aliphatic carbocycles. The SMILES string of the molecule is CC1c2ccc(cc2)OCOC1(C)C. The maximum atomic E-state index is 5.70. The Morgan fingerprint density at radius 3 is 2.50 bits per heavy atom. The van der Waals surface area contributed by atoms with E-state index < -0.39 is 0 Å². The lowest BCUT2D eigenvalue weighted by Crippen LogP contribution is -2.32. The molecule has 2 heterocycles. The van der Waals surface area contributed by atoms with Gasteiger partial charge >= 0.3 is 0 Å². The Morgan fingerprint density at radius 2 is 1.86 bits per heavy atom. The molecule has 0 aromatic heterocycles. The molecular weight excluding hydrogens is 176 g/mol. The van der Waals surface area contributed by atoms with Gasteiger partial charge in [0, 0.05) is 5.92 Å². The van der Waals surface area contributed by atoms with Crippen LogP contribution in [-0.4, -0.2) is 12.4 Å². The van der Waals surface area contributed by atoms with Crippen molar-refractivity contribution < 1.29 is 9.47 Å². The van der Waals surface area contributed by atoms with E-state index in [1.165, 1.54) is 5.56 Å². The zero-order chi connectivity index (χ0) is 10.2. The fourth-order valence-corrected chi connectivity index (χ4v) is 1.63. The topological polar surface area (TPSA) is 18.5 Å². The predicted octanol–water partition coefficient (Wildman–Crippen LogP) is 2.94. The molecule has 0 saturated heterocycles. The number of ether oxygens (including phenoxy) is 2. The second kappa shape index (κ2) is 3.28. The summed E-state index contributed by atoms with van der Waals surface area (Å²) in [5.41, 5.74) is 1.12. The highest BCUT2D eigenvalue weighted by atomic mass is 16.7. The summed E-state index contributed by atoms with van der Waals surface area (Å²) < 4.78 is 11.1. The molecule has 0 radical (unpaired) electrons. The van der Waals surface area contributed by atoms with E-state index in [4.69, 9.17) is 9.47 Å². The first-order chi connectivity index (χ1) is 6.59. The highest BCUT2D eigenvalue weighted by Gasteiger charge is 2.29. The van der Waals surface area contributed by atoms with Crippen LogP contribution in [0.5, 0.6) is 5.75 Å². The van der Waals surface area contributed by atoms with Crippen LogP contribution in [0.15, 0.2) is 24.3 Å². The molecule has 76 valence electrons. The molecule has 0 spiro atoms. The van der Waals surface area contributed by atoms with Crippen molar-refractivity contribution >= 4 is 0 Å². The summed E-state index contributed by atoms with van der Waals surface area (Å²) in [7, 11) is 0. The Hall–Kier alpha value is -1.02. The minimum Gasteiger partial charge on any atom is -0.468 e. The predicted molar refractivity (Wildman–Crippen MR) is 55.5 cm³/mol. The van der Waals surface area contributed by atoms with E-state index >= 15 is 0 Å². The third-order valence-corrected chi connectivity index (χ3v) is 3.08. The lowest BCUT2D eigenvalue weighted by molar-refractivity contribution is -0.0958. The zero-order valence-corrected chi connectivity index (χ0v) is 8.91. The van der Waals surface area contributed by atoms with Crippen molar-refractivity contribution in [2.75, 3.05) is 6.79 Å². The van der Waals surface area contributed by atoms with Gasteiger partial charge in [-0.25, -0.2) is 0 Å². The molecular formula is C12H16O2. The number of hydrogen-bond donors (Lipinski definition) is 0. The van der Waals surface area contributed by atoms with E-state index in [1.807, 2.05) is 12.1 Å². The number of rotatable bonds is 0. The zero-order valence-electron chi connectivity index (χ0n) is 8.91. The average molecular weight is 192 g/mol. The Kier molecular flexibility index (Phi) is 2.23. The van der Waals surface area contributed by atoms with E-state index in [-0.39, 0.29) is 5.60 Å². The molecule has 1 aromatic rings. The first-order valence-electron chi connectivity index (χ1n) is 4.96. The van der Waals surface area contributed by atoms with Crippen LogP contribution in [-0.2, 0) is 4.74 Å². The van der Waals surface area contributed by atoms with Crippen molar-refractivity contribution in [3.8, 4) is 5.75 Å². The van der Waals surface area contributed by atoms with Crippen LogP contribution >= 0.6 is 0 Å². The Morgan fingerprint density at radius 1 is 1.21 bits per heavy atom. The van der Waals surface area contributed by atoms with Gasteiger partial charge in [0.25, 0.3) is 0 Å². The summed E-state index contributed by atoms with van der Waals surface area (Å²) in [5.74, 6) is 1.25. The fourth-order valence-electron chi connectivity index (χ4n) is 1.63. The molecule has 0 amide bonds. The van der Waals surface area contributed by atoms with Gasteiger partial charge in [0.1, 0.15) is 5.75 Å². The Bertz CT molecular complexity index is 314. The van der Waals surface area contributed by atoms with Crippen LogP contribution in [0.1, 0.15) is 32.3 Å². The van der Waals surface area contributed by atoms with Gasteiger partial charge in [-0.1, -0.05) is 19.1 Å². The van der Waals surface area contributed by atoms with E-state index in [1.54, 1.807) is 0 Å². The van der Waals surface area contributed by atoms with E-state index in [0.717, 1.165) is 5.75 Å². The minimum atomic E-state index is -0.177. The van der Waals surface area contributed by atoms with Crippen LogP contribution in [0.2, 0.25) is 0 Å². The molecule has 0 N–H and O–H groups in total. The standard InChI is InChI=1S/C12H16O2/c1-9-10-4-6-11(7-5-10)13-8-14-12(9,2)3/h4-7,9H,8H2,1-3H3. The average Bonchev–Trinajstić information content (AvgIpc) is 2.24. The van der Waals surface area contributed by atoms with Crippen LogP contribution in [0, 0.1) is 0 Å². The molecule has 0 fully saturated rings. The lowest BCUT2D eigenvalue weighted by atomic mass is 9.86. The third kappa shape index (κ3) is 1.62. The molecule has 1 aromatic carbocycles. The van der Waals surface area contributed by atoms with Crippen LogP contribution in [0.4, 0.5) is 0 Å². The van der Waals surface area contributed by atoms with Crippen molar-refractivity contribution in [2.45, 2.75) is 32.3 Å². The molecule has 2 bridgehead atoms. The van der Waals surface area contributed by atoms with E-state index in [0.29, 0.717) is 12.7 Å². The van der Waals surface area contributed by atoms with Crippen molar-refractivity contribution in [1.29, 1.82) is 0 Å². The van der Waals surface area contributed by atoms with Gasteiger partial charge in [0.05, 0.1) is 5.60 Å². The monoisotopic (exact) mass is 192 g/mol. The van der Waals surface area contributed by atoms with Gasteiger partial charge in [-0.3, -0.25) is 0 Å². The second-order valence-electron chi connectivity index (χ2n) is 4.30. The molecule has 2 aliphatic heterocycles. The van der Waals surface area contributed by atoms with Gasteiger partial charge < -0.3 is 9.47 Å². The largest absolute Gasteiger partial charge is 0.468 e. The van der Waals surface area contributed by atoms with Crippen molar-refractivity contribution in [2.24, 2.45) is 0 Å². The lowest BCUT2D eigenvalue weighted by Gasteiger charge is -2.30. The van der Waals surface area contributed by atoms with Crippen LogP contribution in [0.25, 0.3) is 0 Å². The van der Waals surface area contributed by atoms with E-state index in [9.17, 15) is 0 Å².